The number of carbonyl (C=O) groups excluding carboxylic acids is 2. The lowest BCUT2D eigenvalue weighted by atomic mass is 9.59. The maximum atomic E-state index is 14.5. The van der Waals surface area contributed by atoms with Crippen LogP contribution in [0.4, 0.5) is 0 Å². The smallest absolute Gasteiger partial charge is 0.347 e. The Morgan fingerprint density at radius 3 is 1.67 bits per heavy atom. The summed E-state index contributed by atoms with van der Waals surface area (Å²) in [5, 5.41) is 3.44. The van der Waals surface area contributed by atoms with E-state index < -0.39 is 20.2 Å². The molecule has 0 fully saturated rings. The fourth-order valence-electron chi connectivity index (χ4n) is 7.56. The van der Waals surface area contributed by atoms with Crippen LogP contribution >= 0.6 is 0 Å². The molecule has 0 bridgehead atoms. The molecule has 0 radical (unpaired) electrons. The largest absolute Gasteiger partial charge is 0.533 e. The van der Waals surface area contributed by atoms with Gasteiger partial charge >= 0.3 is 8.32 Å². The van der Waals surface area contributed by atoms with Gasteiger partial charge in [0.2, 0.25) is 0 Å². The molecule has 3 atom stereocenters. The predicted octanol–water partition coefficient (Wildman–Crippen LogP) is 5.89. The van der Waals surface area contributed by atoms with E-state index in [0.717, 1.165) is 38.0 Å². The highest BCUT2D eigenvalue weighted by atomic mass is 28.4. The molecule has 3 nitrogen and oxygen atoms in total. The van der Waals surface area contributed by atoms with Gasteiger partial charge in [-0.15, -0.1) is 0 Å². The topological polar surface area (TPSA) is 43.4 Å². The number of hydrogen-bond acceptors (Lipinski definition) is 3. The SMILES string of the molecule is O=C1c2ccccc2C(=O)[C@@H]2[C@H]1C1=C(C[C@@H]2c2ccccc2)O[Si](c2ccccc2)(c2ccccc2)c2ccccc21. The van der Waals surface area contributed by atoms with Gasteiger partial charge in [-0.3, -0.25) is 9.59 Å². The second-order valence-corrected chi connectivity index (χ2v) is 14.7. The molecule has 0 unspecified atom stereocenters. The molecular weight excluding hydrogens is 533 g/mol. The molecular formula is C38H28O3Si. The molecule has 0 spiro atoms. The zero-order chi connectivity index (χ0) is 28.3. The summed E-state index contributed by atoms with van der Waals surface area (Å²) >= 11 is 0. The normalized spacial score (nSPS) is 21.9. The summed E-state index contributed by atoms with van der Waals surface area (Å²) in [7, 11) is -3.02. The van der Waals surface area contributed by atoms with Crippen molar-refractivity contribution < 1.29 is 14.0 Å². The first-order chi connectivity index (χ1) is 20.7. The van der Waals surface area contributed by atoms with Crippen LogP contribution < -0.4 is 15.6 Å². The Kier molecular flexibility index (Phi) is 5.73. The molecule has 0 N–H and O–H groups in total. The molecule has 0 saturated carbocycles. The third kappa shape index (κ3) is 3.52. The van der Waals surface area contributed by atoms with E-state index in [-0.39, 0.29) is 17.5 Å². The van der Waals surface area contributed by atoms with Gasteiger partial charge in [-0.05, 0) is 26.7 Å². The number of allylic oxidation sites excluding steroid dienone is 2. The second-order valence-electron chi connectivity index (χ2n) is 11.4. The van der Waals surface area contributed by atoms with Gasteiger partial charge in [-0.2, -0.15) is 0 Å². The summed E-state index contributed by atoms with van der Waals surface area (Å²) in [5.74, 6) is -0.371. The highest BCUT2D eigenvalue weighted by molar-refractivity contribution is 7.07. The molecule has 42 heavy (non-hydrogen) atoms. The minimum absolute atomic E-state index is 0.00956. The van der Waals surface area contributed by atoms with Crippen molar-refractivity contribution in [2.24, 2.45) is 11.8 Å². The van der Waals surface area contributed by atoms with Crippen LogP contribution in [-0.2, 0) is 4.43 Å². The van der Waals surface area contributed by atoms with E-state index in [4.69, 9.17) is 4.43 Å². The maximum absolute atomic E-state index is 14.5. The summed E-state index contributed by atoms with van der Waals surface area (Å²) in [6.07, 6.45) is 0.560. The molecule has 0 amide bonds. The van der Waals surface area contributed by atoms with Crippen LogP contribution in [-0.4, -0.2) is 19.9 Å². The third-order valence-electron chi connectivity index (χ3n) is 9.31. The van der Waals surface area contributed by atoms with Crippen LogP contribution in [0.1, 0.15) is 44.2 Å². The van der Waals surface area contributed by atoms with Gasteiger partial charge in [-0.25, -0.2) is 0 Å². The number of carbonyl (C=O) groups is 2. The Balaban J connectivity index is 1.43. The van der Waals surface area contributed by atoms with E-state index in [0.29, 0.717) is 17.5 Å². The van der Waals surface area contributed by atoms with Crippen molar-refractivity contribution >= 4 is 41.0 Å². The summed E-state index contributed by atoms with van der Waals surface area (Å²) < 4.78 is 7.50. The van der Waals surface area contributed by atoms with Crippen molar-refractivity contribution in [3.8, 4) is 0 Å². The van der Waals surface area contributed by atoms with Gasteiger partial charge in [0.05, 0.1) is 11.7 Å². The van der Waals surface area contributed by atoms with E-state index in [9.17, 15) is 9.59 Å². The first-order valence-electron chi connectivity index (χ1n) is 14.5. The fraction of sp³-hybridized carbons (Fsp3) is 0.105. The first-order valence-corrected chi connectivity index (χ1v) is 16.4. The van der Waals surface area contributed by atoms with Gasteiger partial charge in [-0.1, -0.05) is 140 Å². The average molecular weight is 561 g/mol. The molecule has 1 heterocycles. The highest BCUT2D eigenvalue weighted by Gasteiger charge is 2.57. The van der Waals surface area contributed by atoms with Crippen LogP contribution in [0, 0.1) is 11.8 Å². The van der Waals surface area contributed by atoms with Crippen molar-refractivity contribution in [1.82, 2.24) is 0 Å². The Hall–Kier alpha value is -4.80. The number of rotatable bonds is 3. The van der Waals surface area contributed by atoms with Gasteiger partial charge < -0.3 is 4.43 Å². The van der Waals surface area contributed by atoms with Crippen LogP contribution in [0.5, 0.6) is 0 Å². The zero-order valence-corrected chi connectivity index (χ0v) is 23.9. The molecule has 0 aromatic heterocycles. The highest BCUT2D eigenvalue weighted by Crippen LogP contribution is 2.54. The van der Waals surface area contributed by atoms with E-state index in [1.807, 2.05) is 54.6 Å². The van der Waals surface area contributed by atoms with Gasteiger partial charge in [0.15, 0.2) is 11.6 Å². The fourth-order valence-corrected chi connectivity index (χ4v) is 11.7. The Morgan fingerprint density at radius 1 is 0.548 bits per heavy atom. The quantitative estimate of drug-likeness (QED) is 0.258. The van der Waals surface area contributed by atoms with Crippen LogP contribution in [0.2, 0.25) is 0 Å². The van der Waals surface area contributed by atoms with E-state index in [2.05, 4.69) is 78.9 Å². The summed E-state index contributed by atoms with van der Waals surface area (Å²) in [5.41, 5.74) is 4.05. The summed E-state index contributed by atoms with van der Waals surface area (Å²) in [4.78, 5) is 28.8. The molecule has 1 aliphatic heterocycles. The van der Waals surface area contributed by atoms with Crippen molar-refractivity contribution in [3.63, 3.8) is 0 Å². The lowest BCUT2D eigenvalue weighted by Gasteiger charge is -2.48. The zero-order valence-electron chi connectivity index (χ0n) is 22.9. The van der Waals surface area contributed by atoms with Gasteiger partial charge in [0.25, 0.3) is 0 Å². The summed E-state index contributed by atoms with van der Waals surface area (Å²) in [6, 6.07) is 47.0. The number of ketones is 2. The lowest BCUT2D eigenvalue weighted by molar-refractivity contribution is 0.0732. The Morgan fingerprint density at radius 2 is 1.05 bits per heavy atom. The first kappa shape index (κ1) is 24.9. The minimum atomic E-state index is -3.02. The molecule has 2 aliphatic carbocycles. The monoisotopic (exact) mass is 560 g/mol. The molecule has 3 aliphatic rings. The Labute approximate surface area is 246 Å². The number of Topliss-reactive ketones (excluding diaryl/α,β-unsaturated/α-hetero) is 2. The van der Waals surface area contributed by atoms with E-state index in [1.165, 1.54) is 0 Å². The molecule has 0 saturated heterocycles. The lowest BCUT2D eigenvalue weighted by Crippen LogP contribution is -2.71. The van der Waals surface area contributed by atoms with Crippen LogP contribution in [0.25, 0.3) is 5.57 Å². The van der Waals surface area contributed by atoms with E-state index >= 15 is 0 Å². The van der Waals surface area contributed by atoms with Gasteiger partial charge in [0, 0.05) is 35.0 Å². The molecule has 4 heteroatoms. The second kappa shape index (κ2) is 9.64. The van der Waals surface area contributed by atoms with Crippen LogP contribution in [0.15, 0.2) is 145 Å². The van der Waals surface area contributed by atoms with Crippen molar-refractivity contribution in [2.75, 3.05) is 0 Å². The summed E-state index contributed by atoms with van der Waals surface area (Å²) in [6.45, 7) is 0. The number of benzene rings is 5. The predicted molar refractivity (Wildman–Crippen MR) is 168 cm³/mol. The third-order valence-corrected chi connectivity index (χ3v) is 13.4. The van der Waals surface area contributed by atoms with Crippen molar-refractivity contribution in [3.05, 3.63) is 168 Å². The van der Waals surface area contributed by atoms with Crippen molar-refractivity contribution in [2.45, 2.75) is 12.3 Å². The van der Waals surface area contributed by atoms with Crippen molar-refractivity contribution in [1.29, 1.82) is 0 Å². The maximum Gasteiger partial charge on any atom is 0.347 e. The molecule has 5 aromatic rings. The van der Waals surface area contributed by atoms with Gasteiger partial charge in [0.1, 0.15) is 0 Å². The molecule has 8 rings (SSSR count). The molecule has 5 aromatic carbocycles. The standard InChI is InChI=1S/C38H28O3Si/c39-37-28-20-10-11-21-29(28)38(40)36-34-30-22-12-13-23-33(30)42(26-16-6-2-7-17-26,27-18-8-3-9-19-27)41-32(34)24-31(35(36)37)25-14-4-1-5-15-25/h1-23,31,35-36H,24H2/t31-,35+,36-/m1/s1. The van der Waals surface area contributed by atoms with E-state index in [1.54, 1.807) is 6.07 Å². The van der Waals surface area contributed by atoms with Crippen LogP contribution in [0.3, 0.4) is 0 Å². The molecule has 202 valence electrons. The number of hydrogen-bond donors (Lipinski definition) is 0. The minimum Gasteiger partial charge on any atom is -0.533 e. The average Bonchev–Trinajstić information content (AvgIpc) is 3.07. The number of fused-ring (bicyclic) bond motifs is 5. The Bertz CT molecular complexity index is 1840.